The summed E-state index contributed by atoms with van der Waals surface area (Å²) in [5.41, 5.74) is 7.10. The Morgan fingerprint density at radius 2 is 2.35 bits per heavy atom. The summed E-state index contributed by atoms with van der Waals surface area (Å²) in [7, 11) is 0. The van der Waals surface area contributed by atoms with Gasteiger partial charge in [-0.1, -0.05) is 11.6 Å². The van der Waals surface area contributed by atoms with Crippen molar-refractivity contribution in [2.24, 2.45) is 10.7 Å². The average molecular weight is 359 g/mol. The van der Waals surface area contributed by atoms with Gasteiger partial charge in [0.1, 0.15) is 0 Å². The third-order valence-electron chi connectivity index (χ3n) is 4.04. The third kappa shape index (κ3) is 2.32. The fraction of sp³-hybridized carbons (Fsp3) is 0.500. The van der Waals surface area contributed by atoms with Crippen molar-refractivity contribution in [3.8, 4) is 0 Å². The largest absolute Gasteiger partial charge is 0.378 e. The van der Waals surface area contributed by atoms with Crippen molar-refractivity contribution >= 4 is 39.2 Å². The molecule has 6 heteroatoms. The molecule has 1 saturated heterocycles. The van der Waals surface area contributed by atoms with Crippen molar-refractivity contribution in [2.45, 2.75) is 31.4 Å². The summed E-state index contributed by atoms with van der Waals surface area (Å²) < 4.78 is 6.55. The van der Waals surface area contributed by atoms with Crippen LogP contribution in [0.4, 0.5) is 5.69 Å². The van der Waals surface area contributed by atoms with Crippen LogP contribution in [-0.2, 0) is 4.74 Å². The number of ether oxygens (including phenoxy) is 1. The monoisotopic (exact) mass is 357 g/mol. The third-order valence-corrected chi connectivity index (χ3v) is 5.25. The molecule has 1 aromatic rings. The lowest BCUT2D eigenvalue weighted by Crippen LogP contribution is -2.56. The van der Waals surface area contributed by atoms with Crippen molar-refractivity contribution in [3.05, 3.63) is 27.7 Å². The van der Waals surface area contributed by atoms with Crippen LogP contribution in [0.25, 0.3) is 0 Å². The molecule has 2 unspecified atom stereocenters. The molecule has 0 saturated carbocycles. The molecule has 108 valence electrons. The molecule has 1 aromatic carbocycles. The van der Waals surface area contributed by atoms with Gasteiger partial charge in [0.15, 0.2) is 5.96 Å². The number of nitrogens with two attached hydrogens (primary N) is 1. The van der Waals surface area contributed by atoms with Gasteiger partial charge >= 0.3 is 0 Å². The molecule has 2 atom stereocenters. The molecular weight excluding hydrogens is 342 g/mol. The van der Waals surface area contributed by atoms with Gasteiger partial charge in [-0.05, 0) is 53.9 Å². The highest BCUT2D eigenvalue weighted by Gasteiger charge is 2.46. The first kappa shape index (κ1) is 14.2. The van der Waals surface area contributed by atoms with Gasteiger partial charge in [0.05, 0.1) is 23.2 Å². The van der Waals surface area contributed by atoms with Gasteiger partial charge in [0.2, 0.25) is 0 Å². The maximum Gasteiger partial charge on any atom is 0.196 e. The summed E-state index contributed by atoms with van der Waals surface area (Å²) in [6, 6.07) is 5.86. The molecule has 0 aromatic heterocycles. The smallest absolute Gasteiger partial charge is 0.196 e. The molecule has 3 rings (SSSR count). The standard InChI is InChI=1S/C14H17BrClN3O/c1-9-7-14(4-5-20-9)8-18-13(17)19(14)10-2-3-12(16)11(15)6-10/h2-3,6,9H,4-5,7-8H2,1H3,(H2,17,18). The second-order valence-electron chi connectivity index (χ2n) is 5.47. The second kappa shape index (κ2) is 5.20. The lowest BCUT2D eigenvalue weighted by Gasteiger charge is -2.44. The van der Waals surface area contributed by atoms with E-state index in [4.69, 9.17) is 22.1 Å². The zero-order valence-corrected chi connectivity index (χ0v) is 13.6. The number of hydrogen-bond donors (Lipinski definition) is 1. The van der Waals surface area contributed by atoms with Crippen LogP contribution in [0.2, 0.25) is 5.02 Å². The van der Waals surface area contributed by atoms with Crippen LogP contribution in [0.15, 0.2) is 27.7 Å². The van der Waals surface area contributed by atoms with E-state index in [1.54, 1.807) is 0 Å². The first-order chi connectivity index (χ1) is 9.52. The average Bonchev–Trinajstić information content (AvgIpc) is 2.70. The lowest BCUT2D eigenvalue weighted by molar-refractivity contribution is -0.00246. The van der Waals surface area contributed by atoms with Crippen molar-refractivity contribution in [1.82, 2.24) is 0 Å². The van der Waals surface area contributed by atoms with E-state index in [1.165, 1.54) is 0 Å². The highest BCUT2D eigenvalue weighted by atomic mass is 79.9. The highest BCUT2D eigenvalue weighted by Crippen LogP contribution is 2.39. The molecule has 2 N–H and O–H groups in total. The molecule has 2 aliphatic heterocycles. The number of anilines is 1. The van der Waals surface area contributed by atoms with E-state index in [2.05, 4.69) is 32.7 Å². The minimum atomic E-state index is -0.0605. The summed E-state index contributed by atoms with van der Waals surface area (Å²) in [5, 5.41) is 0.692. The van der Waals surface area contributed by atoms with E-state index in [0.717, 1.165) is 36.2 Å². The van der Waals surface area contributed by atoms with E-state index in [0.29, 0.717) is 11.0 Å². The second-order valence-corrected chi connectivity index (χ2v) is 6.73. The Morgan fingerprint density at radius 1 is 1.55 bits per heavy atom. The first-order valence-corrected chi connectivity index (χ1v) is 7.86. The lowest BCUT2D eigenvalue weighted by atomic mass is 9.85. The fourth-order valence-electron chi connectivity index (χ4n) is 3.14. The van der Waals surface area contributed by atoms with Crippen LogP contribution in [-0.4, -0.2) is 30.8 Å². The number of guanidine groups is 1. The quantitative estimate of drug-likeness (QED) is 0.839. The number of benzene rings is 1. The molecule has 0 bridgehead atoms. The zero-order chi connectivity index (χ0) is 14.3. The molecule has 4 nitrogen and oxygen atoms in total. The van der Waals surface area contributed by atoms with Crippen LogP contribution < -0.4 is 10.6 Å². The molecular formula is C14H17BrClN3O. The highest BCUT2D eigenvalue weighted by molar-refractivity contribution is 9.10. The number of aliphatic imine (C=N–C) groups is 1. The Balaban J connectivity index is 1.99. The summed E-state index contributed by atoms with van der Waals surface area (Å²) >= 11 is 9.55. The Labute approximate surface area is 132 Å². The van der Waals surface area contributed by atoms with Crippen LogP contribution >= 0.6 is 27.5 Å². The summed E-state index contributed by atoms with van der Waals surface area (Å²) in [5.74, 6) is 0.577. The minimum absolute atomic E-state index is 0.0605. The van der Waals surface area contributed by atoms with Gasteiger partial charge < -0.3 is 15.4 Å². The molecule has 0 aliphatic carbocycles. The van der Waals surface area contributed by atoms with Gasteiger partial charge in [-0.2, -0.15) is 0 Å². The zero-order valence-electron chi connectivity index (χ0n) is 11.3. The summed E-state index contributed by atoms with van der Waals surface area (Å²) in [4.78, 5) is 6.62. The van der Waals surface area contributed by atoms with Crippen molar-refractivity contribution < 1.29 is 4.74 Å². The Morgan fingerprint density at radius 3 is 3.05 bits per heavy atom. The SMILES string of the molecule is CC1CC2(CCO1)CN=C(N)N2c1ccc(Cl)c(Br)c1. The van der Waals surface area contributed by atoms with Gasteiger partial charge in [0.25, 0.3) is 0 Å². The van der Waals surface area contributed by atoms with Gasteiger partial charge in [-0.25, -0.2) is 0 Å². The minimum Gasteiger partial charge on any atom is -0.378 e. The van der Waals surface area contributed by atoms with Crippen LogP contribution in [0.5, 0.6) is 0 Å². The van der Waals surface area contributed by atoms with E-state index in [-0.39, 0.29) is 11.6 Å². The normalized spacial score (nSPS) is 29.9. The van der Waals surface area contributed by atoms with Gasteiger partial charge in [-0.15, -0.1) is 0 Å². The molecule has 1 spiro atoms. The number of nitrogens with zero attached hydrogens (tertiary/aromatic N) is 2. The van der Waals surface area contributed by atoms with E-state index >= 15 is 0 Å². The molecule has 1 fully saturated rings. The van der Waals surface area contributed by atoms with Crippen LogP contribution in [0.3, 0.4) is 0 Å². The Hall–Kier alpha value is -0.780. The van der Waals surface area contributed by atoms with Crippen LogP contribution in [0.1, 0.15) is 19.8 Å². The Bertz CT molecular complexity index is 565. The van der Waals surface area contributed by atoms with E-state index in [9.17, 15) is 0 Å². The predicted octanol–water partition coefficient (Wildman–Crippen LogP) is 3.17. The molecule has 0 radical (unpaired) electrons. The first-order valence-electron chi connectivity index (χ1n) is 6.69. The summed E-state index contributed by atoms with van der Waals surface area (Å²) in [6.07, 6.45) is 2.09. The maximum atomic E-state index is 6.14. The van der Waals surface area contributed by atoms with Crippen molar-refractivity contribution in [3.63, 3.8) is 0 Å². The van der Waals surface area contributed by atoms with Gasteiger partial charge in [0, 0.05) is 16.8 Å². The van der Waals surface area contributed by atoms with E-state index in [1.807, 2.05) is 18.2 Å². The maximum absolute atomic E-state index is 6.14. The van der Waals surface area contributed by atoms with Crippen molar-refractivity contribution in [1.29, 1.82) is 0 Å². The van der Waals surface area contributed by atoms with Gasteiger partial charge in [-0.3, -0.25) is 4.99 Å². The molecule has 0 amide bonds. The molecule has 2 heterocycles. The van der Waals surface area contributed by atoms with E-state index < -0.39 is 0 Å². The summed E-state index contributed by atoms with van der Waals surface area (Å²) in [6.45, 7) is 3.58. The fourth-order valence-corrected chi connectivity index (χ4v) is 3.62. The predicted molar refractivity (Wildman–Crippen MR) is 85.5 cm³/mol. The topological polar surface area (TPSA) is 50.9 Å². The number of rotatable bonds is 1. The Kier molecular flexibility index (Phi) is 3.69. The number of halogens is 2. The van der Waals surface area contributed by atoms with Crippen LogP contribution in [0, 0.1) is 0 Å². The molecule has 2 aliphatic rings. The van der Waals surface area contributed by atoms with Crippen molar-refractivity contribution in [2.75, 3.05) is 18.1 Å². The molecule has 20 heavy (non-hydrogen) atoms. The number of hydrogen-bond acceptors (Lipinski definition) is 4.